The molecule has 0 aliphatic heterocycles. The first-order chi connectivity index (χ1) is 11.8. The van der Waals surface area contributed by atoms with E-state index in [4.69, 9.17) is 5.11 Å². The Morgan fingerprint density at radius 2 is 2.00 bits per heavy atom. The Morgan fingerprint density at radius 1 is 1.24 bits per heavy atom. The lowest BCUT2D eigenvalue weighted by molar-refractivity contribution is -0.274. The van der Waals surface area contributed by atoms with Gasteiger partial charge in [0.1, 0.15) is 11.6 Å². The minimum absolute atomic E-state index is 0.112. The van der Waals surface area contributed by atoms with E-state index in [1.54, 1.807) is 19.1 Å². The average Bonchev–Trinajstić information content (AvgIpc) is 2.53. The number of halogens is 3. The number of rotatable bonds is 7. The number of hydrogen-bond donors (Lipinski definition) is 3. The molecule has 0 fully saturated rings. The van der Waals surface area contributed by atoms with Crippen LogP contribution in [0.5, 0.6) is 5.75 Å². The summed E-state index contributed by atoms with van der Waals surface area (Å²) < 4.78 is 41.1. The van der Waals surface area contributed by atoms with Gasteiger partial charge in [-0.2, -0.15) is 4.98 Å². The summed E-state index contributed by atoms with van der Waals surface area (Å²) in [5.41, 5.74) is 0.870. The van der Waals surface area contributed by atoms with Crippen LogP contribution in [0.15, 0.2) is 30.3 Å². The molecular formula is C16H19F3N4O2. The van der Waals surface area contributed by atoms with Crippen molar-refractivity contribution in [2.24, 2.45) is 0 Å². The van der Waals surface area contributed by atoms with Crippen LogP contribution in [0, 0.1) is 0 Å². The van der Waals surface area contributed by atoms with Crippen LogP contribution in [0.4, 0.5) is 24.9 Å². The second kappa shape index (κ2) is 8.02. The zero-order chi connectivity index (χ0) is 18.4. The number of nitrogens with zero attached hydrogens (tertiary/aromatic N) is 2. The van der Waals surface area contributed by atoms with Crippen molar-refractivity contribution in [3.05, 3.63) is 30.3 Å². The maximum atomic E-state index is 12.4. The molecule has 6 nitrogen and oxygen atoms in total. The molecule has 0 aliphatic rings. The summed E-state index contributed by atoms with van der Waals surface area (Å²) in [5.74, 6) is 0.450. The van der Waals surface area contributed by atoms with Crippen LogP contribution in [-0.4, -0.2) is 40.6 Å². The molecule has 9 heteroatoms. The van der Waals surface area contributed by atoms with Gasteiger partial charge in [-0.1, -0.05) is 12.1 Å². The summed E-state index contributed by atoms with van der Waals surface area (Å²) in [5, 5.41) is 15.1. The molecule has 0 amide bonds. The molecule has 136 valence electrons. The largest absolute Gasteiger partial charge is 0.573 e. The van der Waals surface area contributed by atoms with Crippen LogP contribution in [0.3, 0.4) is 0 Å². The minimum atomic E-state index is -4.76. The van der Waals surface area contributed by atoms with Crippen molar-refractivity contribution in [1.82, 2.24) is 9.97 Å². The molecule has 0 spiro atoms. The van der Waals surface area contributed by atoms with E-state index in [0.29, 0.717) is 23.6 Å². The van der Waals surface area contributed by atoms with E-state index in [1.165, 1.54) is 18.2 Å². The molecule has 0 bridgehead atoms. The van der Waals surface area contributed by atoms with Crippen molar-refractivity contribution in [3.63, 3.8) is 0 Å². The quantitative estimate of drug-likeness (QED) is 0.707. The highest BCUT2D eigenvalue weighted by Gasteiger charge is 2.31. The van der Waals surface area contributed by atoms with Crippen molar-refractivity contribution in [2.45, 2.75) is 26.3 Å². The molecular weight excluding hydrogens is 337 g/mol. The van der Waals surface area contributed by atoms with Gasteiger partial charge in [0.25, 0.3) is 0 Å². The number of aliphatic hydroxyl groups excluding tert-OH is 1. The summed E-state index contributed by atoms with van der Waals surface area (Å²) in [4.78, 5) is 8.56. The molecule has 0 radical (unpaired) electrons. The van der Waals surface area contributed by atoms with E-state index in [0.717, 1.165) is 0 Å². The summed E-state index contributed by atoms with van der Waals surface area (Å²) in [6.45, 7) is 4.14. The molecule has 0 aliphatic carbocycles. The van der Waals surface area contributed by atoms with Gasteiger partial charge in [-0.25, -0.2) is 4.98 Å². The Morgan fingerprint density at radius 3 is 2.64 bits per heavy atom. The van der Waals surface area contributed by atoms with Gasteiger partial charge in [0, 0.05) is 24.2 Å². The number of alkyl halides is 3. The van der Waals surface area contributed by atoms with Gasteiger partial charge >= 0.3 is 6.36 Å². The molecule has 0 saturated heterocycles. The third kappa shape index (κ3) is 5.79. The van der Waals surface area contributed by atoms with Gasteiger partial charge in [-0.15, -0.1) is 13.2 Å². The Kier molecular flexibility index (Phi) is 6.02. The first kappa shape index (κ1) is 18.8. The topological polar surface area (TPSA) is 79.3 Å². The Hall–Kier alpha value is -2.55. The molecule has 25 heavy (non-hydrogen) atoms. The number of hydrogen-bond acceptors (Lipinski definition) is 6. The van der Waals surface area contributed by atoms with Crippen molar-refractivity contribution in [1.29, 1.82) is 0 Å². The van der Waals surface area contributed by atoms with Crippen LogP contribution >= 0.6 is 0 Å². The highest BCUT2D eigenvalue weighted by Crippen LogP contribution is 2.28. The van der Waals surface area contributed by atoms with E-state index in [9.17, 15) is 13.2 Å². The fraction of sp³-hybridized carbons (Fsp3) is 0.375. The average molecular weight is 356 g/mol. The van der Waals surface area contributed by atoms with E-state index >= 15 is 0 Å². The van der Waals surface area contributed by atoms with Crippen molar-refractivity contribution in [2.75, 3.05) is 23.8 Å². The zero-order valence-corrected chi connectivity index (χ0v) is 13.8. The smallest absolute Gasteiger partial charge is 0.406 e. The maximum Gasteiger partial charge on any atom is 0.573 e. The van der Waals surface area contributed by atoms with Crippen molar-refractivity contribution < 1.29 is 23.0 Å². The van der Waals surface area contributed by atoms with Gasteiger partial charge in [0.2, 0.25) is 5.95 Å². The fourth-order valence-electron chi connectivity index (χ4n) is 2.05. The molecule has 0 unspecified atom stereocenters. The molecule has 2 rings (SSSR count). The fourth-order valence-corrected chi connectivity index (χ4v) is 2.05. The van der Waals surface area contributed by atoms with Crippen molar-refractivity contribution >= 4 is 11.8 Å². The number of anilines is 2. The van der Waals surface area contributed by atoms with Crippen LogP contribution in [0.2, 0.25) is 0 Å². The second-order valence-corrected chi connectivity index (χ2v) is 5.30. The number of nitrogens with one attached hydrogen (secondary N) is 2. The van der Waals surface area contributed by atoms with Gasteiger partial charge < -0.3 is 20.5 Å². The Bertz CT molecular complexity index is 710. The highest BCUT2D eigenvalue weighted by molar-refractivity contribution is 5.66. The standard InChI is InChI=1S/C16H19F3N4O2/c1-3-20-14-8-13(22-15(23-14)21-10(2)9-24)11-5-4-6-12(7-11)25-16(17,18)19/h4-8,10,24H,3,9H2,1-2H3,(H2,20,21,22,23)/t10-/m0/s1. The van der Waals surface area contributed by atoms with E-state index in [-0.39, 0.29) is 24.3 Å². The van der Waals surface area contributed by atoms with Crippen LogP contribution in [0.25, 0.3) is 11.3 Å². The summed E-state index contributed by atoms with van der Waals surface area (Å²) in [6.07, 6.45) is -4.76. The maximum absolute atomic E-state index is 12.4. The lowest BCUT2D eigenvalue weighted by Gasteiger charge is -2.14. The van der Waals surface area contributed by atoms with E-state index in [1.807, 2.05) is 6.92 Å². The lowest BCUT2D eigenvalue weighted by Crippen LogP contribution is -2.21. The van der Waals surface area contributed by atoms with Crippen molar-refractivity contribution in [3.8, 4) is 17.0 Å². The lowest BCUT2D eigenvalue weighted by atomic mass is 10.1. The molecule has 1 aromatic heterocycles. The van der Waals surface area contributed by atoms with Gasteiger partial charge in [0.05, 0.1) is 12.3 Å². The SMILES string of the molecule is CCNc1cc(-c2cccc(OC(F)(F)F)c2)nc(N[C@@H](C)CO)n1. The van der Waals surface area contributed by atoms with Crippen LogP contribution in [0.1, 0.15) is 13.8 Å². The highest BCUT2D eigenvalue weighted by atomic mass is 19.4. The Balaban J connectivity index is 2.38. The third-order valence-corrected chi connectivity index (χ3v) is 3.10. The summed E-state index contributed by atoms with van der Waals surface area (Å²) >= 11 is 0. The van der Waals surface area contributed by atoms with E-state index in [2.05, 4.69) is 25.3 Å². The third-order valence-electron chi connectivity index (χ3n) is 3.10. The summed E-state index contributed by atoms with van der Waals surface area (Å²) in [7, 11) is 0. The first-order valence-corrected chi connectivity index (χ1v) is 7.67. The predicted octanol–water partition coefficient (Wildman–Crippen LogP) is 3.27. The molecule has 0 saturated carbocycles. The molecule has 1 aromatic carbocycles. The van der Waals surface area contributed by atoms with Gasteiger partial charge in [-0.3, -0.25) is 0 Å². The number of aliphatic hydroxyl groups is 1. The molecule has 1 atom stereocenters. The second-order valence-electron chi connectivity index (χ2n) is 5.30. The normalized spacial score (nSPS) is 12.6. The summed E-state index contributed by atoms with van der Waals surface area (Å²) in [6, 6.07) is 6.91. The van der Waals surface area contributed by atoms with Gasteiger partial charge in [-0.05, 0) is 26.0 Å². The molecule has 2 aromatic rings. The molecule has 3 N–H and O–H groups in total. The van der Waals surface area contributed by atoms with E-state index < -0.39 is 6.36 Å². The molecule has 1 heterocycles. The first-order valence-electron chi connectivity index (χ1n) is 7.67. The number of ether oxygens (including phenoxy) is 1. The predicted molar refractivity (Wildman–Crippen MR) is 88.5 cm³/mol. The Labute approximate surface area is 143 Å². The van der Waals surface area contributed by atoms with Gasteiger partial charge in [0.15, 0.2) is 0 Å². The van der Waals surface area contributed by atoms with Crippen LogP contribution in [-0.2, 0) is 0 Å². The monoisotopic (exact) mass is 356 g/mol. The minimum Gasteiger partial charge on any atom is -0.406 e. The zero-order valence-electron chi connectivity index (χ0n) is 13.8. The van der Waals surface area contributed by atoms with Crippen LogP contribution < -0.4 is 15.4 Å². The number of aromatic nitrogens is 2. The number of benzene rings is 1.